The summed E-state index contributed by atoms with van der Waals surface area (Å²) < 4.78 is 0. The summed E-state index contributed by atoms with van der Waals surface area (Å²) in [5.74, 6) is 0.170. The van der Waals surface area contributed by atoms with Crippen LogP contribution >= 0.6 is 0 Å². The van der Waals surface area contributed by atoms with Gasteiger partial charge in [0, 0.05) is 37.1 Å². The second-order valence-corrected chi connectivity index (χ2v) is 6.79. The number of amides is 1. The van der Waals surface area contributed by atoms with Gasteiger partial charge in [0.25, 0.3) is 0 Å². The standard InChI is InChI=1S/C23H22N2O/c1-25(16-17-10-11-18-6-2-3-7-19(18)14-17)23(26)13-12-20-15-24-22-9-5-4-8-21(20)22/h2-11,14-15,24H,12-13,16H2,1H3. The van der Waals surface area contributed by atoms with E-state index in [0.717, 1.165) is 17.5 Å². The van der Waals surface area contributed by atoms with Gasteiger partial charge in [-0.25, -0.2) is 0 Å². The number of benzene rings is 3. The lowest BCUT2D eigenvalue weighted by atomic mass is 10.1. The Bertz CT molecular complexity index is 1060. The monoisotopic (exact) mass is 342 g/mol. The molecule has 0 radical (unpaired) electrons. The predicted molar refractivity (Wildman–Crippen MR) is 107 cm³/mol. The Hall–Kier alpha value is -3.07. The van der Waals surface area contributed by atoms with E-state index in [2.05, 4.69) is 47.4 Å². The van der Waals surface area contributed by atoms with Gasteiger partial charge in [-0.2, -0.15) is 0 Å². The Balaban J connectivity index is 1.40. The zero-order valence-corrected chi connectivity index (χ0v) is 14.9. The van der Waals surface area contributed by atoms with Gasteiger partial charge in [-0.15, -0.1) is 0 Å². The van der Waals surface area contributed by atoms with Crippen molar-refractivity contribution in [3.8, 4) is 0 Å². The number of rotatable bonds is 5. The zero-order valence-electron chi connectivity index (χ0n) is 14.9. The maximum Gasteiger partial charge on any atom is 0.222 e. The number of H-pyrrole nitrogens is 1. The molecule has 3 nitrogen and oxygen atoms in total. The minimum Gasteiger partial charge on any atom is -0.361 e. The number of fused-ring (bicyclic) bond motifs is 2. The van der Waals surface area contributed by atoms with Crippen LogP contribution in [0.1, 0.15) is 17.5 Å². The van der Waals surface area contributed by atoms with Crippen molar-refractivity contribution in [1.29, 1.82) is 0 Å². The van der Waals surface area contributed by atoms with Gasteiger partial charge in [-0.1, -0.05) is 54.6 Å². The number of para-hydroxylation sites is 1. The summed E-state index contributed by atoms with van der Waals surface area (Å²) in [6, 6.07) is 22.9. The van der Waals surface area contributed by atoms with E-state index in [1.807, 2.05) is 42.4 Å². The van der Waals surface area contributed by atoms with E-state index in [-0.39, 0.29) is 5.91 Å². The number of nitrogens with zero attached hydrogens (tertiary/aromatic N) is 1. The fourth-order valence-electron chi connectivity index (χ4n) is 3.47. The number of carbonyl (C=O) groups is 1. The molecular weight excluding hydrogens is 320 g/mol. The normalized spacial score (nSPS) is 11.1. The molecule has 0 saturated heterocycles. The summed E-state index contributed by atoms with van der Waals surface area (Å²) in [7, 11) is 1.88. The van der Waals surface area contributed by atoms with Crippen molar-refractivity contribution >= 4 is 27.6 Å². The number of hydrogen-bond donors (Lipinski definition) is 1. The van der Waals surface area contributed by atoms with E-state index >= 15 is 0 Å². The molecule has 0 aliphatic carbocycles. The Kier molecular flexibility index (Phi) is 4.44. The first kappa shape index (κ1) is 16.4. The zero-order chi connectivity index (χ0) is 17.9. The van der Waals surface area contributed by atoms with Crippen LogP contribution in [0.25, 0.3) is 21.7 Å². The summed E-state index contributed by atoms with van der Waals surface area (Å²) in [6.07, 6.45) is 3.29. The van der Waals surface area contributed by atoms with E-state index in [9.17, 15) is 4.79 Å². The smallest absolute Gasteiger partial charge is 0.222 e. The highest BCUT2D eigenvalue weighted by atomic mass is 16.2. The third kappa shape index (κ3) is 3.33. The van der Waals surface area contributed by atoms with Crippen molar-refractivity contribution in [2.24, 2.45) is 0 Å². The number of nitrogens with one attached hydrogen (secondary N) is 1. The molecule has 1 amide bonds. The van der Waals surface area contributed by atoms with Gasteiger partial charge in [-0.3, -0.25) is 4.79 Å². The molecule has 0 aliphatic heterocycles. The molecule has 0 atom stereocenters. The molecule has 0 spiro atoms. The Morgan fingerprint density at radius 3 is 2.62 bits per heavy atom. The fourth-order valence-corrected chi connectivity index (χ4v) is 3.47. The molecule has 3 heteroatoms. The van der Waals surface area contributed by atoms with Crippen molar-refractivity contribution in [2.75, 3.05) is 7.05 Å². The third-order valence-electron chi connectivity index (χ3n) is 4.94. The molecule has 26 heavy (non-hydrogen) atoms. The van der Waals surface area contributed by atoms with Crippen molar-refractivity contribution in [1.82, 2.24) is 9.88 Å². The van der Waals surface area contributed by atoms with E-state index < -0.39 is 0 Å². The van der Waals surface area contributed by atoms with Gasteiger partial charge in [0.15, 0.2) is 0 Å². The van der Waals surface area contributed by atoms with Crippen LogP contribution in [0.2, 0.25) is 0 Å². The molecule has 1 N–H and O–H groups in total. The highest BCUT2D eigenvalue weighted by molar-refractivity contribution is 5.85. The van der Waals surface area contributed by atoms with Crippen molar-refractivity contribution in [3.05, 3.63) is 84.1 Å². The first-order valence-electron chi connectivity index (χ1n) is 8.97. The molecule has 0 saturated carbocycles. The van der Waals surface area contributed by atoms with Crippen LogP contribution in [-0.4, -0.2) is 22.8 Å². The summed E-state index contributed by atoms with van der Waals surface area (Å²) in [4.78, 5) is 17.6. The molecule has 1 aromatic heterocycles. The van der Waals surface area contributed by atoms with Gasteiger partial charge < -0.3 is 9.88 Å². The van der Waals surface area contributed by atoms with Crippen LogP contribution in [-0.2, 0) is 17.8 Å². The summed E-state index contributed by atoms with van der Waals surface area (Å²) >= 11 is 0. The highest BCUT2D eigenvalue weighted by Crippen LogP contribution is 2.20. The van der Waals surface area contributed by atoms with Gasteiger partial charge >= 0.3 is 0 Å². The van der Waals surface area contributed by atoms with Crippen LogP contribution in [0.3, 0.4) is 0 Å². The van der Waals surface area contributed by atoms with Crippen LogP contribution in [0.15, 0.2) is 72.9 Å². The fraction of sp³-hybridized carbons (Fsp3) is 0.174. The number of hydrogen-bond acceptors (Lipinski definition) is 1. The number of carbonyl (C=O) groups excluding carboxylic acids is 1. The molecule has 0 unspecified atom stereocenters. The minimum absolute atomic E-state index is 0.170. The molecule has 0 aliphatic rings. The van der Waals surface area contributed by atoms with Gasteiger partial charge in [0.05, 0.1) is 0 Å². The summed E-state index contributed by atoms with van der Waals surface area (Å²) in [5.41, 5.74) is 3.49. The molecule has 3 aromatic carbocycles. The molecule has 4 aromatic rings. The van der Waals surface area contributed by atoms with Crippen molar-refractivity contribution in [2.45, 2.75) is 19.4 Å². The molecule has 0 bridgehead atoms. The quantitative estimate of drug-likeness (QED) is 0.549. The SMILES string of the molecule is CN(Cc1ccc2ccccc2c1)C(=O)CCc1c[nH]c2ccccc12. The molecule has 0 fully saturated rings. The largest absolute Gasteiger partial charge is 0.361 e. The van der Waals surface area contributed by atoms with Gasteiger partial charge in [-0.05, 0) is 40.5 Å². The lowest BCUT2D eigenvalue weighted by Crippen LogP contribution is -2.26. The minimum atomic E-state index is 0.170. The van der Waals surface area contributed by atoms with Crippen LogP contribution in [0.5, 0.6) is 0 Å². The van der Waals surface area contributed by atoms with Gasteiger partial charge in [0.1, 0.15) is 0 Å². The third-order valence-corrected chi connectivity index (χ3v) is 4.94. The van der Waals surface area contributed by atoms with Crippen molar-refractivity contribution in [3.63, 3.8) is 0 Å². The van der Waals surface area contributed by atoms with Crippen LogP contribution in [0.4, 0.5) is 0 Å². The topological polar surface area (TPSA) is 36.1 Å². The lowest BCUT2D eigenvalue weighted by Gasteiger charge is -2.17. The number of aromatic nitrogens is 1. The second kappa shape index (κ2) is 7.04. The first-order chi connectivity index (χ1) is 12.7. The Morgan fingerprint density at radius 2 is 1.73 bits per heavy atom. The first-order valence-corrected chi connectivity index (χ1v) is 8.97. The molecule has 4 rings (SSSR count). The maximum absolute atomic E-state index is 12.6. The maximum atomic E-state index is 12.6. The van der Waals surface area contributed by atoms with E-state index in [1.54, 1.807) is 0 Å². The van der Waals surface area contributed by atoms with Gasteiger partial charge in [0.2, 0.25) is 5.91 Å². The highest BCUT2D eigenvalue weighted by Gasteiger charge is 2.11. The summed E-state index contributed by atoms with van der Waals surface area (Å²) in [5, 5.41) is 3.65. The number of aryl methyl sites for hydroxylation is 1. The molecule has 1 heterocycles. The Labute approximate surface area is 153 Å². The Morgan fingerprint density at radius 1 is 0.962 bits per heavy atom. The average Bonchev–Trinajstić information content (AvgIpc) is 3.09. The van der Waals surface area contributed by atoms with Crippen LogP contribution in [0, 0.1) is 0 Å². The molecule has 130 valence electrons. The van der Waals surface area contributed by atoms with Crippen LogP contribution < -0.4 is 0 Å². The second-order valence-electron chi connectivity index (χ2n) is 6.79. The average molecular weight is 342 g/mol. The van der Waals surface area contributed by atoms with E-state index in [4.69, 9.17) is 0 Å². The van der Waals surface area contributed by atoms with E-state index in [0.29, 0.717) is 13.0 Å². The predicted octanol–water partition coefficient (Wildman–Crippen LogP) is 4.91. The molecular formula is C23H22N2O. The summed E-state index contributed by atoms with van der Waals surface area (Å²) in [6.45, 7) is 0.636. The number of aromatic amines is 1. The van der Waals surface area contributed by atoms with E-state index in [1.165, 1.54) is 21.7 Å². The lowest BCUT2D eigenvalue weighted by molar-refractivity contribution is -0.130. The van der Waals surface area contributed by atoms with Crippen molar-refractivity contribution < 1.29 is 4.79 Å².